The fourth-order valence-electron chi connectivity index (χ4n) is 2.94. The second-order valence-corrected chi connectivity index (χ2v) is 5.80. The van der Waals surface area contributed by atoms with E-state index in [-0.39, 0.29) is 17.9 Å². The van der Waals surface area contributed by atoms with E-state index >= 15 is 0 Å². The number of nitrogens with zero attached hydrogens (tertiary/aromatic N) is 2. The molecule has 2 aromatic carbocycles. The molecule has 2 aromatic rings. The maximum absolute atomic E-state index is 13.0. The molecule has 0 spiro atoms. The van der Waals surface area contributed by atoms with Crippen LogP contribution in [0.1, 0.15) is 18.4 Å². The summed E-state index contributed by atoms with van der Waals surface area (Å²) < 4.78 is 0. The van der Waals surface area contributed by atoms with Crippen molar-refractivity contribution < 1.29 is 9.59 Å². The Morgan fingerprint density at radius 3 is 2.26 bits per heavy atom. The van der Waals surface area contributed by atoms with Gasteiger partial charge in [-0.25, -0.2) is 0 Å². The average Bonchev–Trinajstić information content (AvgIpc) is 2.93. The summed E-state index contributed by atoms with van der Waals surface area (Å²) in [4.78, 5) is 28.1. The van der Waals surface area contributed by atoms with E-state index in [0.29, 0.717) is 19.4 Å². The molecule has 0 aliphatic carbocycles. The summed E-state index contributed by atoms with van der Waals surface area (Å²) in [6, 6.07) is 19.2. The Labute approximate surface area is 136 Å². The molecule has 1 saturated heterocycles. The number of benzene rings is 2. The van der Waals surface area contributed by atoms with Crippen molar-refractivity contribution in [1.29, 1.82) is 0 Å². The highest BCUT2D eigenvalue weighted by atomic mass is 16.2. The first-order chi connectivity index (χ1) is 11.2. The zero-order chi connectivity index (χ0) is 16.2. The third-order valence-corrected chi connectivity index (χ3v) is 4.30. The Kier molecular flexibility index (Phi) is 4.42. The molecular weight excluding hydrogens is 288 g/mol. The van der Waals surface area contributed by atoms with Gasteiger partial charge in [-0.05, 0) is 24.1 Å². The van der Waals surface area contributed by atoms with Crippen LogP contribution in [-0.4, -0.2) is 29.8 Å². The molecule has 1 atom stereocenters. The predicted octanol–water partition coefficient (Wildman–Crippen LogP) is 2.84. The van der Waals surface area contributed by atoms with Crippen molar-refractivity contribution in [3.8, 4) is 0 Å². The van der Waals surface area contributed by atoms with Gasteiger partial charge in [0.05, 0.1) is 6.54 Å². The van der Waals surface area contributed by atoms with Crippen molar-refractivity contribution in [1.82, 2.24) is 4.90 Å². The van der Waals surface area contributed by atoms with E-state index in [9.17, 15) is 9.59 Å². The maximum atomic E-state index is 13.0. The lowest BCUT2D eigenvalue weighted by Crippen LogP contribution is -2.45. The van der Waals surface area contributed by atoms with Crippen LogP contribution in [0.2, 0.25) is 0 Å². The van der Waals surface area contributed by atoms with Crippen LogP contribution in [0.3, 0.4) is 0 Å². The lowest BCUT2D eigenvalue weighted by Gasteiger charge is -2.28. The van der Waals surface area contributed by atoms with Crippen molar-refractivity contribution in [2.75, 3.05) is 11.9 Å². The van der Waals surface area contributed by atoms with E-state index in [1.807, 2.05) is 60.7 Å². The molecule has 0 saturated carbocycles. The van der Waals surface area contributed by atoms with Crippen LogP contribution >= 0.6 is 0 Å². The summed E-state index contributed by atoms with van der Waals surface area (Å²) in [5.74, 6) is 0.0180. The van der Waals surface area contributed by atoms with Crippen LogP contribution in [0.25, 0.3) is 0 Å². The van der Waals surface area contributed by atoms with Crippen LogP contribution in [0, 0.1) is 0 Å². The first kappa shape index (κ1) is 15.3. The summed E-state index contributed by atoms with van der Waals surface area (Å²) in [6.07, 6.45) is 1.03. The van der Waals surface area contributed by atoms with Crippen LogP contribution in [0.4, 0.5) is 5.69 Å². The van der Waals surface area contributed by atoms with E-state index in [1.165, 1.54) is 0 Å². The van der Waals surface area contributed by atoms with E-state index in [0.717, 1.165) is 11.3 Å². The number of anilines is 1. The van der Waals surface area contributed by atoms with Gasteiger partial charge in [0.25, 0.3) is 0 Å². The molecule has 1 heterocycles. The summed E-state index contributed by atoms with van der Waals surface area (Å²) >= 11 is 0. The van der Waals surface area contributed by atoms with E-state index in [4.69, 9.17) is 0 Å². The molecule has 0 bridgehead atoms. The average molecular weight is 308 g/mol. The second kappa shape index (κ2) is 6.65. The highest BCUT2D eigenvalue weighted by Crippen LogP contribution is 2.24. The standard InChI is InChI=1S/C19H20N2O2/c1-20-17(12-13-18(20)22)19(23)21(16-10-6-3-7-11-16)14-15-8-4-2-5-9-15/h2-11,17H,12-14H2,1H3. The molecule has 1 fully saturated rings. The van der Waals surface area contributed by atoms with Crippen molar-refractivity contribution in [3.63, 3.8) is 0 Å². The van der Waals surface area contributed by atoms with E-state index in [1.54, 1.807) is 16.8 Å². The molecule has 118 valence electrons. The number of amides is 2. The van der Waals surface area contributed by atoms with Crippen molar-refractivity contribution in [2.24, 2.45) is 0 Å². The SMILES string of the molecule is CN1C(=O)CCC1C(=O)N(Cc1ccccc1)c1ccccc1. The number of likely N-dealkylation sites (N-methyl/N-ethyl adjacent to an activating group) is 1. The van der Waals surface area contributed by atoms with Gasteiger partial charge in [-0.2, -0.15) is 0 Å². The molecule has 23 heavy (non-hydrogen) atoms. The Morgan fingerprint density at radius 2 is 1.70 bits per heavy atom. The summed E-state index contributed by atoms with van der Waals surface area (Å²) in [5.41, 5.74) is 1.92. The van der Waals surface area contributed by atoms with Gasteiger partial charge in [-0.3, -0.25) is 9.59 Å². The number of likely N-dealkylation sites (tertiary alicyclic amines) is 1. The van der Waals surface area contributed by atoms with Gasteiger partial charge >= 0.3 is 0 Å². The summed E-state index contributed by atoms with van der Waals surface area (Å²) in [5, 5.41) is 0. The Bertz CT molecular complexity index is 685. The largest absolute Gasteiger partial charge is 0.334 e. The summed E-state index contributed by atoms with van der Waals surface area (Å²) in [7, 11) is 1.71. The third kappa shape index (κ3) is 3.26. The Morgan fingerprint density at radius 1 is 1.09 bits per heavy atom. The van der Waals surface area contributed by atoms with Gasteiger partial charge in [0.2, 0.25) is 11.8 Å². The zero-order valence-electron chi connectivity index (χ0n) is 13.2. The van der Waals surface area contributed by atoms with Crippen LogP contribution in [0.15, 0.2) is 60.7 Å². The number of hydrogen-bond donors (Lipinski definition) is 0. The van der Waals surface area contributed by atoms with Gasteiger partial charge in [0, 0.05) is 19.2 Å². The number of hydrogen-bond acceptors (Lipinski definition) is 2. The maximum Gasteiger partial charge on any atom is 0.250 e. The molecule has 3 rings (SSSR count). The normalized spacial score (nSPS) is 17.3. The predicted molar refractivity (Wildman–Crippen MR) is 89.9 cm³/mol. The quantitative estimate of drug-likeness (QED) is 0.871. The van der Waals surface area contributed by atoms with Gasteiger partial charge in [0.15, 0.2) is 0 Å². The van der Waals surface area contributed by atoms with Crippen molar-refractivity contribution >= 4 is 17.5 Å². The minimum Gasteiger partial charge on any atom is -0.334 e. The van der Waals surface area contributed by atoms with Crippen LogP contribution < -0.4 is 4.90 Å². The molecule has 1 aliphatic heterocycles. The molecule has 0 radical (unpaired) electrons. The summed E-state index contributed by atoms with van der Waals surface area (Å²) in [6.45, 7) is 0.502. The number of para-hydroxylation sites is 1. The minimum atomic E-state index is -0.369. The van der Waals surface area contributed by atoms with E-state index in [2.05, 4.69) is 0 Å². The lowest BCUT2D eigenvalue weighted by molar-refractivity contribution is -0.132. The molecule has 2 amide bonds. The van der Waals surface area contributed by atoms with Gasteiger partial charge in [-0.15, -0.1) is 0 Å². The van der Waals surface area contributed by atoms with Gasteiger partial charge in [-0.1, -0.05) is 48.5 Å². The second-order valence-electron chi connectivity index (χ2n) is 5.80. The molecule has 0 N–H and O–H groups in total. The topological polar surface area (TPSA) is 40.6 Å². The first-order valence-electron chi connectivity index (χ1n) is 7.83. The van der Waals surface area contributed by atoms with Crippen LogP contribution in [-0.2, 0) is 16.1 Å². The highest BCUT2D eigenvalue weighted by molar-refractivity contribution is 6.00. The molecule has 4 nitrogen and oxygen atoms in total. The fourth-order valence-corrected chi connectivity index (χ4v) is 2.94. The third-order valence-electron chi connectivity index (χ3n) is 4.30. The van der Waals surface area contributed by atoms with E-state index < -0.39 is 0 Å². The molecule has 1 unspecified atom stereocenters. The van der Waals surface area contributed by atoms with Crippen molar-refractivity contribution in [3.05, 3.63) is 66.2 Å². The zero-order valence-corrected chi connectivity index (χ0v) is 13.2. The lowest BCUT2D eigenvalue weighted by atomic mass is 10.1. The number of rotatable bonds is 4. The molecule has 0 aromatic heterocycles. The van der Waals surface area contributed by atoms with Crippen molar-refractivity contribution in [2.45, 2.75) is 25.4 Å². The Balaban J connectivity index is 1.89. The molecule has 1 aliphatic rings. The van der Waals surface area contributed by atoms with Gasteiger partial charge in [0.1, 0.15) is 6.04 Å². The Hall–Kier alpha value is -2.62. The number of carbonyl (C=O) groups excluding carboxylic acids is 2. The minimum absolute atomic E-state index is 0.0200. The first-order valence-corrected chi connectivity index (χ1v) is 7.83. The highest BCUT2D eigenvalue weighted by Gasteiger charge is 2.36. The smallest absolute Gasteiger partial charge is 0.250 e. The van der Waals surface area contributed by atoms with Crippen LogP contribution in [0.5, 0.6) is 0 Å². The monoisotopic (exact) mass is 308 g/mol. The van der Waals surface area contributed by atoms with Gasteiger partial charge < -0.3 is 9.80 Å². The molecular formula is C19H20N2O2. The fraction of sp³-hybridized carbons (Fsp3) is 0.263. The molecule has 4 heteroatoms. The number of carbonyl (C=O) groups is 2.